The van der Waals surface area contributed by atoms with E-state index in [0.717, 1.165) is 12.0 Å². The first-order chi connectivity index (χ1) is 9.31. The summed E-state index contributed by atoms with van der Waals surface area (Å²) in [6, 6.07) is 17.7. The molecule has 2 rings (SSSR count). The highest BCUT2D eigenvalue weighted by atomic mass is 16.1. The summed E-state index contributed by atoms with van der Waals surface area (Å²) in [7, 11) is 0. The van der Waals surface area contributed by atoms with Crippen LogP contribution in [0.25, 0.3) is 0 Å². The molecule has 0 fully saturated rings. The predicted molar refractivity (Wildman–Crippen MR) is 76.9 cm³/mol. The van der Waals surface area contributed by atoms with Gasteiger partial charge < -0.3 is 5.32 Å². The highest BCUT2D eigenvalue weighted by Crippen LogP contribution is 2.14. The molecule has 1 amide bonds. The summed E-state index contributed by atoms with van der Waals surface area (Å²) in [6.45, 7) is 0.249. The lowest BCUT2D eigenvalue weighted by molar-refractivity contribution is 0.0958. The summed E-state index contributed by atoms with van der Waals surface area (Å²) < 4.78 is 0. The van der Waals surface area contributed by atoms with Crippen LogP contribution in [0.4, 0.5) is 0 Å². The predicted octanol–water partition coefficient (Wildman–Crippen LogP) is 2.64. The van der Waals surface area contributed by atoms with Crippen LogP contribution >= 0.6 is 0 Å². The molecule has 19 heavy (non-hydrogen) atoms. The molecule has 0 unspecified atom stereocenters. The summed E-state index contributed by atoms with van der Waals surface area (Å²) in [5, 5.41) is 2.70. The highest BCUT2D eigenvalue weighted by Gasteiger charge is 2.10. The van der Waals surface area contributed by atoms with Gasteiger partial charge in [0.2, 0.25) is 0 Å². The van der Waals surface area contributed by atoms with Gasteiger partial charge >= 0.3 is 0 Å². The second kappa shape index (κ2) is 6.42. The monoisotopic (exact) mass is 249 g/mol. The zero-order chi connectivity index (χ0) is 13.5. The topological polar surface area (TPSA) is 29.1 Å². The van der Waals surface area contributed by atoms with E-state index in [2.05, 4.69) is 23.4 Å². The molecule has 0 atom stereocenters. The zero-order valence-corrected chi connectivity index (χ0v) is 10.6. The average Bonchev–Trinajstić information content (AvgIpc) is 2.46. The largest absolute Gasteiger partial charge is 0.341 e. The number of carbonyl (C=O) groups excluding carboxylic acids is 1. The van der Waals surface area contributed by atoms with E-state index < -0.39 is 0 Å². The molecule has 0 heterocycles. The number of carbonyl (C=O) groups is 1. The van der Waals surface area contributed by atoms with Crippen molar-refractivity contribution >= 4 is 5.91 Å². The van der Waals surface area contributed by atoms with E-state index in [1.165, 1.54) is 5.56 Å². The van der Waals surface area contributed by atoms with Gasteiger partial charge in [-0.25, -0.2) is 0 Å². The minimum absolute atomic E-state index is 0.121. The maximum atomic E-state index is 12.0. The van der Waals surface area contributed by atoms with E-state index in [9.17, 15) is 4.79 Å². The molecule has 0 bridgehead atoms. The van der Waals surface area contributed by atoms with E-state index in [0.29, 0.717) is 5.56 Å². The number of rotatable bonds is 4. The first kappa shape index (κ1) is 12.9. The number of nitrogens with one attached hydrogen (secondary N) is 1. The van der Waals surface area contributed by atoms with Gasteiger partial charge in [-0.1, -0.05) is 54.5 Å². The zero-order valence-electron chi connectivity index (χ0n) is 10.6. The van der Waals surface area contributed by atoms with Gasteiger partial charge in [-0.15, -0.1) is 6.42 Å². The molecule has 1 N–H and O–H groups in total. The van der Waals surface area contributed by atoms with Gasteiger partial charge in [0, 0.05) is 5.56 Å². The Balaban J connectivity index is 2.22. The van der Waals surface area contributed by atoms with Gasteiger partial charge in [0.05, 0.1) is 6.54 Å². The summed E-state index contributed by atoms with van der Waals surface area (Å²) in [5.41, 5.74) is 2.87. The molecule has 0 aliphatic carbocycles. The summed E-state index contributed by atoms with van der Waals surface area (Å²) in [5.74, 6) is 2.28. The SMILES string of the molecule is C#CCNC(=O)c1ccccc1Cc1ccccc1. The van der Waals surface area contributed by atoms with Crippen molar-refractivity contribution in [1.82, 2.24) is 5.32 Å². The Morgan fingerprint density at radius 2 is 1.74 bits per heavy atom. The van der Waals surface area contributed by atoms with Crippen LogP contribution in [0.15, 0.2) is 54.6 Å². The van der Waals surface area contributed by atoms with E-state index in [4.69, 9.17) is 6.42 Å². The number of amides is 1. The third kappa shape index (κ3) is 3.46. The molecule has 0 radical (unpaired) electrons. The van der Waals surface area contributed by atoms with Crippen molar-refractivity contribution in [1.29, 1.82) is 0 Å². The molecular formula is C17H15NO. The van der Waals surface area contributed by atoms with Crippen molar-refractivity contribution in [3.8, 4) is 12.3 Å². The van der Waals surface area contributed by atoms with Crippen molar-refractivity contribution in [3.63, 3.8) is 0 Å². The molecule has 2 aromatic carbocycles. The Morgan fingerprint density at radius 3 is 2.47 bits per heavy atom. The lowest BCUT2D eigenvalue weighted by Gasteiger charge is -2.09. The molecule has 0 aliphatic heterocycles. The van der Waals surface area contributed by atoms with Crippen LogP contribution in [-0.2, 0) is 6.42 Å². The smallest absolute Gasteiger partial charge is 0.252 e. The Kier molecular flexibility index (Phi) is 4.36. The van der Waals surface area contributed by atoms with E-state index in [-0.39, 0.29) is 12.5 Å². The van der Waals surface area contributed by atoms with Crippen molar-refractivity contribution in [2.24, 2.45) is 0 Å². The van der Waals surface area contributed by atoms with Crippen molar-refractivity contribution in [2.45, 2.75) is 6.42 Å². The van der Waals surface area contributed by atoms with Crippen LogP contribution in [0.3, 0.4) is 0 Å². The van der Waals surface area contributed by atoms with Gasteiger partial charge in [0.15, 0.2) is 0 Å². The summed E-state index contributed by atoms with van der Waals surface area (Å²) >= 11 is 0. The van der Waals surface area contributed by atoms with E-state index in [1.54, 1.807) is 0 Å². The molecule has 2 heteroatoms. The average molecular weight is 249 g/mol. The van der Waals surface area contributed by atoms with E-state index >= 15 is 0 Å². The summed E-state index contributed by atoms with van der Waals surface area (Å²) in [4.78, 5) is 12.0. The first-order valence-corrected chi connectivity index (χ1v) is 6.15. The van der Waals surface area contributed by atoms with Gasteiger partial charge in [0.1, 0.15) is 0 Å². The highest BCUT2D eigenvalue weighted by molar-refractivity contribution is 5.95. The summed E-state index contributed by atoms with van der Waals surface area (Å²) in [6.07, 6.45) is 5.89. The van der Waals surface area contributed by atoms with Crippen LogP contribution < -0.4 is 5.32 Å². The van der Waals surface area contributed by atoms with Gasteiger partial charge in [0.25, 0.3) is 5.91 Å². The molecule has 2 aromatic rings. The van der Waals surface area contributed by atoms with Crippen molar-refractivity contribution in [2.75, 3.05) is 6.54 Å². The Morgan fingerprint density at radius 1 is 1.05 bits per heavy atom. The quantitative estimate of drug-likeness (QED) is 0.829. The number of terminal acetylenes is 1. The lowest BCUT2D eigenvalue weighted by Crippen LogP contribution is -2.24. The number of hydrogen-bond donors (Lipinski definition) is 1. The number of benzene rings is 2. The van der Waals surface area contributed by atoms with Crippen LogP contribution in [0, 0.1) is 12.3 Å². The second-order valence-corrected chi connectivity index (χ2v) is 4.21. The van der Waals surface area contributed by atoms with Crippen molar-refractivity contribution < 1.29 is 4.79 Å². The van der Waals surface area contributed by atoms with Gasteiger partial charge in [-0.2, -0.15) is 0 Å². The molecule has 0 spiro atoms. The Hall–Kier alpha value is -2.53. The fourth-order valence-corrected chi connectivity index (χ4v) is 1.94. The third-order valence-electron chi connectivity index (χ3n) is 2.85. The van der Waals surface area contributed by atoms with Crippen molar-refractivity contribution in [3.05, 3.63) is 71.3 Å². The Bertz CT molecular complexity index is 596. The molecule has 94 valence electrons. The molecule has 0 aromatic heterocycles. The maximum Gasteiger partial charge on any atom is 0.252 e. The molecule has 0 saturated carbocycles. The molecule has 0 aliphatic rings. The third-order valence-corrected chi connectivity index (χ3v) is 2.85. The fourth-order valence-electron chi connectivity index (χ4n) is 1.94. The number of hydrogen-bond acceptors (Lipinski definition) is 1. The van der Waals surface area contributed by atoms with Crippen LogP contribution in [0.5, 0.6) is 0 Å². The fraction of sp³-hybridized carbons (Fsp3) is 0.118. The van der Waals surface area contributed by atoms with E-state index in [1.807, 2.05) is 42.5 Å². The van der Waals surface area contributed by atoms with Crippen LogP contribution in [0.1, 0.15) is 21.5 Å². The van der Waals surface area contributed by atoms with Gasteiger partial charge in [-0.3, -0.25) is 4.79 Å². The minimum atomic E-state index is -0.121. The maximum absolute atomic E-state index is 12.0. The molecule has 2 nitrogen and oxygen atoms in total. The standard InChI is InChI=1S/C17H15NO/c1-2-12-18-17(19)16-11-7-6-10-15(16)13-14-8-4-3-5-9-14/h1,3-11H,12-13H2,(H,18,19). The Labute approximate surface area is 113 Å². The van der Waals surface area contributed by atoms with Crippen LogP contribution in [-0.4, -0.2) is 12.5 Å². The molecular weight excluding hydrogens is 234 g/mol. The second-order valence-electron chi connectivity index (χ2n) is 4.21. The van der Waals surface area contributed by atoms with Gasteiger partial charge in [-0.05, 0) is 23.6 Å². The lowest BCUT2D eigenvalue weighted by atomic mass is 9.99. The van der Waals surface area contributed by atoms with Crippen LogP contribution in [0.2, 0.25) is 0 Å². The first-order valence-electron chi connectivity index (χ1n) is 6.15. The normalized spacial score (nSPS) is 9.63. The molecule has 0 saturated heterocycles. The minimum Gasteiger partial charge on any atom is -0.341 e.